The van der Waals surface area contributed by atoms with Crippen LogP contribution in [0.25, 0.3) is 11.1 Å². The number of nitrogens with zero attached hydrogens (tertiary/aromatic N) is 1. The highest BCUT2D eigenvalue weighted by Gasteiger charge is 2.16. The second kappa shape index (κ2) is 10.8. The van der Waals surface area contributed by atoms with E-state index < -0.39 is 17.5 Å². The summed E-state index contributed by atoms with van der Waals surface area (Å²) in [6, 6.07) is 11.7. The first-order chi connectivity index (χ1) is 15.3. The number of hydrogen-bond donors (Lipinski definition) is 3. The molecule has 0 bridgehead atoms. The van der Waals surface area contributed by atoms with Crippen LogP contribution in [0, 0.1) is 11.6 Å². The molecule has 6 nitrogen and oxygen atoms in total. The van der Waals surface area contributed by atoms with E-state index in [0.717, 1.165) is 17.7 Å². The van der Waals surface area contributed by atoms with Crippen LogP contribution < -0.4 is 16.0 Å². The molecule has 0 aliphatic heterocycles. The van der Waals surface area contributed by atoms with Crippen LogP contribution in [0.1, 0.15) is 22.8 Å². The van der Waals surface area contributed by atoms with E-state index in [1.807, 2.05) is 6.07 Å². The predicted molar refractivity (Wildman–Crippen MR) is 119 cm³/mol. The number of benzene rings is 2. The van der Waals surface area contributed by atoms with E-state index in [1.54, 1.807) is 24.4 Å². The molecule has 2 aromatic carbocycles. The molecule has 32 heavy (non-hydrogen) atoms. The van der Waals surface area contributed by atoms with Gasteiger partial charge in [-0.15, -0.1) is 0 Å². The number of aromatic nitrogens is 1. The van der Waals surface area contributed by atoms with Crippen molar-refractivity contribution in [3.63, 3.8) is 0 Å². The van der Waals surface area contributed by atoms with Crippen LogP contribution in [-0.4, -0.2) is 29.9 Å². The molecule has 2 amide bonds. The van der Waals surface area contributed by atoms with Crippen molar-refractivity contribution < 1.29 is 18.4 Å². The van der Waals surface area contributed by atoms with Gasteiger partial charge in [-0.2, -0.15) is 0 Å². The molecule has 1 heterocycles. The zero-order valence-corrected chi connectivity index (χ0v) is 18.0. The van der Waals surface area contributed by atoms with Gasteiger partial charge < -0.3 is 16.0 Å². The molecule has 0 radical (unpaired) electrons. The minimum Gasteiger partial charge on any atom is -0.355 e. The number of pyridine rings is 1. The Balaban J connectivity index is 1.64. The maximum Gasteiger partial charge on any atom is 0.258 e. The van der Waals surface area contributed by atoms with Gasteiger partial charge in [0.15, 0.2) is 11.6 Å². The van der Waals surface area contributed by atoms with Crippen molar-refractivity contribution in [1.29, 1.82) is 0 Å². The molecular weight excluding hydrogens is 438 g/mol. The van der Waals surface area contributed by atoms with Crippen LogP contribution in [0.3, 0.4) is 0 Å². The topological polar surface area (TPSA) is 83.1 Å². The van der Waals surface area contributed by atoms with Gasteiger partial charge in [0, 0.05) is 38.3 Å². The van der Waals surface area contributed by atoms with Gasteiger partial charge in [0.05, 0.1) is 10.6 Å². The number of carbonyl (C=O) groups is 2. The Morgan fingerprint density at radius 3 is 2.53 bits per heavy atom. The molecule has 0 aliphatic rings. The predicted octanol–water partition coefficient (Wildman–Crippen LogP) is 4.16. The number of nitrogens with one attached hydrogen (secondary N) is 3. The average Bonchev–Trinajstić information content (AvgIpc) is 2.76. The van der Waals surface area contributed by atoms with Crippen molar-refractivity contribution >= 4 is 29.2 Å². The summed E-state index contributed by atoms with van der Waals surface area (Å²) in [5.74, 6) is -2.18. The molecule has 0 unspecified atom stereocenters. The van der Waals surface area contributed by atoms with E-state index in [1.165, 1.54) is 19.1 Å². The van der Waals surface area contributed by atoms with Gasteiger partial charge in [0.25, 0.3) is 5.91 Å². The minimum absolute atomic E-state index is 0.0796. The van der Waals surface area contributed by atoms with Gasteiger partial charge in [0.1, 0.15) is 5.82 Å². The molecule has 0 spiro atoms. The van der Waals surface area contributed by atoms with E-state index in [9.17, 15) is 18.4 Å². The number of halogens is 3. The summed E-state index contributed by atoms with van der Waals surface area (Å²) >= 11 is 6.39. The number of rotatable bonds is 8. The fraction of sp³-hybridized carbons (Fsp3) is 0.174. The molecule has 3 rings (SSSR count). The van der Waals surface area contributed by atoms with Crippen molar-refractivity contribution in [3.8, 4) is 11.1 Å². The molecule has 3 aromatic rings. The van der Waals surface area contributed by atoms with Crippen molar-refractivity contribution in [1.82, 2.24) is 15.6 Å². The highest BCUT2D eigenvalue weighted by atomic mass is 35.5. The molecule has 0 saturated carbocycles. The standard InChI is InChI=1S/C23H21ClF2N4O2/c1-14(31)28-10-9-27-12-15-5-8-21(29-13-15)30-23(32)18-4-2-3-17(22(18)24)16-6-7-19(25)20(26)11-16/h2-8,11,13,27H,9-10,12H2,1H3,(H,28,31)(H,29,30,32). The quantitative estimate of drug-likeness (QED) is 0.443. The van der Waals surface area contributed by atoms with E-state index in [2.05, 4.69) is 20.9 Å². The van der Waals surface area contributed by atoms with Crippen LogP contribution in [0.15, 0.2) is 54.7 Å². The Bertz CT molecular complexity index is 1120. The molecule has 1 aromatic heterocycles. The molecule has 0 fully saturated rings. The van der Waals surface area contributed by atoms with Gasteiger partial charge in [-0.05, 0) is 35.4 Å². The minimum atomic E-state index is -0.998. The van der Waals surface area contributed by atoms with Crippen molar-refractivity contribution in [2.45, 2.75) is 13.5 Å². The Morgan fingerprint density at radius 1 is 1.03 bits per heavy atom. The maximum absolute atomic E-state index is 13.6. The molecule has 166 valence electrons. The van der Waals surface area contributed by atoms with E-state index in [-0.39, 0.29) is 16.5 Å². The average molecular weight is 459 g/mol. The molecule has 0 saturated heterocycles. The lowest BCUT2D eigenvalue weighted by Crippen LogP contribution is -2.29. The summed E-state index contributed by atoms with van der Waals surface area (Å²) in [6.07, 6.45) is 1.63. The summed E-state index contributed by atoms with van der Waals surface area (Å²) in [7, 11) is 0. The first-order valence-electron chi connectivity index (χ1n) is 9.80. The molecule has 0 aliphatic carbocycles. The van der Waals surface area contributed by atoms with Crippen LogP contribution in [0.2, 0.25) is 5.02 Å². The zero-order valence-electron chi connectivity index (χ0n) is 17.2. The van der Waals surface area contributed by atoms with E-state index in [4.69, 9.17) is 11.6 Å². The van der Waals surface area contributed by atoms with Crippen LogP contribution in [-0.2, 0) is 11.3 Å². The second-order valence-electron chi connectivity index (χ2n) is 6.96. The van der Waals surface area contributed by atoms with Gasteiger partial charge in [-0.1, -0.05) is 35.9 Å². The van der Waals surface area contributed by atoms with Crippen LogP contribution >= 0.6 is 11.6 Å². The summed E-state index contributed by atoms with van der Waals surface area (Å²) in [5, 5.41) is 8.66. The summed E-state index contributed by atoms with van der Waals surface area (Å²) < 4.78 is 26.8. The first-order valence-corrected chi connectivity index (χ1v) is 10.2. The van der Waals surface area contributed by atoms with Gasteiger partial charge in [0.2, 0.25) is 5.91 Å². The Morgan fingerprint density at radius 2 is 1.84 bits per heavy atom. The maximum atomic E-state index is 13.6. The van der Waals surface area contributed by atoms with Crippen molar-refractivity contribution in [2.75, 3.05) is 18.4 Å². The summed E-state index contributed by atoms with van der Waals surface area (Å²) in [6.45, 7) is 3.16. The smallest absolute Gasteiger partial charge is 0.258 e. The fourth-order valence-electron chi connectivity index (χ4n) is 2.94. The Hall–Kier alpha value is -3.36. The number of carbonyl (C=O) groups excluding carboxylic acids is 2. The monoisotopic (exact) mass is 458 g/mol. The largest absolute Gasteiger partial charge is 0.355 e. The molecule has 9 heteroatoms. The SMILES string of the molecule is CC(=O)NCCNCc1ccc(NC(=O)c2cccc(-c3ccc(F)c(F)c3)c2Cl)nc1. The van der Waals surface area contributed by atoms with Gasteiger partial charge in [-0.25, -0.2) is 13.8 Å². The Kier molecular flexibility index (Phi) is 7.86. The van der Waals surface area contributed by atoms with E-state index in [0.29, 0.717) is 36.6 Å². The number of hydrogen-bond acceptors (Lipinski definition) is 4. The van der Waals surface area contributed by atoms with Gasteiger partial charge in [-0.3, -0.25) is 9.59 Å². The number of anilines is 1. The van der Waals surface area contributed by atoms with Crippen molar-refractivity contribution in [3.05, 3.63) is 82.5 Å². The zero-order chi connectivity index (χ0) is 23.1. The summed E-state index contributed by atoms with van der Waals surface area (Å²) in [4.78, 5) is 27.8. The lowest BCUT2D eigenvalue weighted by molar-refractivity contribution is -0.118. The second-order valence-corrected chi connectivity index (χ2v) is 7.34. The van der Waals surface area contributed by atoms with Crippen molar-refractivity contribution in [2.24, 2.45) is 0 Å². The molecule has 3 N–H and O–H groups in total. The lowest BCUT2D eigenvalue weighted by Gasteiger charge is -2.11. The lowest BCUT2D eigenvalue weighted by atomic mass is 10.0. The van der Waals surface area contributed by atoms with Crippen LogP contribution in [0.5, 0.6) is 0 Å². The number of amides is 2. The van der Waals surface area contributed by atoms with Gasteiger partial charge >= 0.3 is 0 Å². The first kappa shape index (κ1) is 23.3. The Labute approximate surface area is 189 Å². The highest BCUT2D eigenvalue weighted by Crippen LogP contribution is 2.32. The normalized spacial score (nSPS) is 10.6. The van der Waals surface area contributed by atoms with Crippen LogP contribution in [0.4, 0.5) is 14.6 Å². The fourth-order valence-corrected chi connectivity index (χ4v) is 3.26. The summed E-state index contributed by atoms with van der Waals surface area (Å²) in [5.41, 5.74) is 1.85. The third kappa shape index (κ3) is 6.09. The third-order valence-electron chi connectivity index (χ3n) is 4.55. The van der Waals surface area contributed by atoms with E-state index >= 15 is 0 Å². The third-order valence-corrected chi connectivity index (χ3v) is 4.95. The highest BCUT2D eigenvalue weighted by molar-refractivity contribution is 6.37. The molecular formula is C23H21ClF2N4O2. The molecule has 0 atom stereocenters.